The number of carbonyl (C=O) groups is 2. The molecule has 4 nitrogen and oxygen atoms in total. The van der Waals surface area contributed by atoms with Gasteiger partial charge in [0, 0.05) is 38.2 Å². The lowest BCUT2D eigenvalue weighted by atomic mass is 10.1. The Morgan fingerprint density at radius 3 is 2.95 bits per heavy atom. The van der Waals surface area contributed by atoms with Crippen LogP contribution < -0.4 is 4.90 Å². The fraction of sp³-hybridized carbons (Fsp3) is 0.500. The summed E-state index contributed by atoms with van der Waals surface area (Å²) in [4.78, 5) is 26.1. The minimum absolute atomic E-state index is 0.0758. The predicted octanol–water partition coefficient (Wildman–Crippen LogP) is 2.81. The third kappa shape index (κ3) is 3.45. The molecule has 0 saturated heterocycles. The number of benzene rings is 1. The standard InChI is InChI=1S/C16H21NO3/c1-2-20-12-6-10-16(19)17-11-5-9-15(18)13-7-3-4-8-14(13)17/h3-4,7-8H,2,5-6,9-12H2,1H3. The van der Waals surface area contributed by atoms with Gasteiger partial charge in [-0.05, 0) is 31.9 Å². The first-order valence-electron chi connectivity index (χ1n) is 7.24. The van der Waals surface area contributed by atoms with Crippen LogP contribution in [0.3, 0.4) is 0 Å². The van der Waals surface area contributed by atoms with Crippen LogP contribution in [0.4, 0.5) is 5.69 Å². The lowest BCUT2D eigenvalue weighted by Gasteiger charge is -2.22. The van der Waals surface area contributed by atoms with Gasteiger partial charge in [-0.15, -0.1) is 0 Å². The van der Waals surface area contributed by atoms with Crippen molar-refractivity contribution in [1.29, 1.82) is 0 Å². The smallest absolute Gasteiger partial charge is 0.227 e. The van der Waals surface area contributed by atoms with Crippen LogP contribution in [-0.2, 0) is 9.53 Å². The van der Waals surface area contributed by atoms with Crippen molar-refractivity contribution in [3.8, 4) is 0 Å². The molecule has 4 heteroatoms. The summed E-state index contributed by atoms with van der Waals surface area (Å²) >= 11 is 0. The molecule has 0 radical (unpaired) electrons. The van der Waals surface area contributed by atoms with E-state index in [-0.39, 0.29) is 11.7 Å². The maximum atomic E-state index is 12.3. The molecule has 108 valence electrons. The van der Waals surface area contributed by atoms with Crippen molar-refractivity contribution in [1.82, 2.24) is 0 Å². The maximum Gasteiger partial charge on any atom is 0.227 e. The molecule has 1 amide bonds. The van der Waals surface area contributed by atoms with Gasteiger partial charge in [-0.25, -0.2) is 0 Å². The van der Waals surface area contributed by atoms with E-state index in [0.29, 0.717) is 38.2 Å². The van der Waals surface area contributed by atoms with E-state index in [2.05, 4.69) is 0 Å². The van der Waals surface area contributed by atoms with Crippen LogP contribution in [0.15, 0.2) is 24.3 Å². The molecule has 1 aromatic carbocycles. The number of rotatable bonds is 5. The van der Waals surface area contributed by atoms with Gasteiger partial charge in [0.2, 0.25) is 5.91 Å². The molecule has 20 heavy (non-hydrogen) atoms. The normalized spacial score (nSPS) is 14.8. The zero-order chi connectivity index (χ0) is 14.4. The molecule has 0 bridgehead atoms. The van der Waals surface area contributed by atoms with Crippen LogP contribution in [0.25, 0.3) is 0 Å². The van der Waals surface area contributed by atoms with Gasteiger partial charge in [0.15, 0.2) is 5.78 Å². The molecule has 0 fully saturated rings. The number of para-hydroxylation sites is 1. The SMILES string of the molecule is CCOCCCC(=O)N1CCCC(=O)c2ccccc21. The molecule has 1 aromatic rings. The number of ether oxygens (including phenoxy) is 1. The second kappa shape index (κ2) is 7.20. The number of nitrogens with zero attached hydrogens (tertiary/aromatic N) is 1. The predicted molar refractivity (Wildman–Crippen MR) is 78.1 cm³/mol. The average Bonchev–Trinajstić information content (AvgIpc) is 2.63. The topological polar surface area (TPSA) is 46.6 Å². The summed E-state index contributed by atoms with van der Waals surface area (Å²) in [5, 5.41) is 0. The number of Topliss-reactive ketones (excluding diaryl/α,β-unsaturated/α-hetero) is 1. The largest absolute Gasteiger partial charge is 0.382 e. The zero-order valence-electron chi connectivity index (χ0n) is 11.9. The van der Waals surface area contributed by atoms with Gasteiger partial charge >= 0.3 is 0 Å². The molecule has 0 spiro atoms. The van der Waals surface area contributed by atoms with Crippen LogP contribution in [0.1, 0.15) is 43.0 Å². The Kier molecular flexibility index (Phi) is 5.30. The van der Waals surface area contributed by atoms with Gasteiger partial charge in [0.25, 0.3) is 0 Å². The van der Waals surface area contributed by atoms with Gasteiger partial charge in [-0.1, -0.05) is 12.1 Å². The summed E-state index contributed by atoms with van der Waals surface area (Å²) in [5.41, 5.74) is 1.43. The molecule has 0 aromatic heterocycles. The molecule has 1 aliphatic rings. The van der Waals surface area contributed by atoms with Crippen LogP contribution in [0, 0.1) is 0 Å². The summed E-state index contributed by atoms with van der Waals surface area (Å²) in [6, 6.07) is 7.39. The lowest BCUT2D eigenvalue weighted by Crippen LogP contribution is -2.31. The maximum absolute atomic E-state index is 12.3. The number of amides is 1. The van der Waals surface area contributed by atoms with Crippen LogP contribution in [0.2, 0.25) is 0 Å². The number of hydrogen-bond donors (Lipinski definition) is 0. The quantitative estimate of drug-likeness (QED) is 0.776. The molecule has 0 atom stereocenters. The Bertz CT molecular complexity index is 484. The fourth-order valence-corrected chi connectivity index (χ4v) is 2.46. The lowest BCUT2D eigenvalue weighted by molar-refractivity contribution is -0.119. The highest BCUT2D eigenvalue weighted by molar-refractivity contribution is 6.06. The number of fused-ring (bicyclic) bond motifs is 1. The van der Waals surface area contributed by atoms with Crippen molar-refractivity contribution in [3.63, 3.8) is 0 Å². The van der Waals surface area contributed by atoms with Crippen LogP contribution in [-0.4, -0.2) is 31.4 Å². The minimum atomic E-state index is 0.0758. The summed E-state index contributed by atoms with van der Waals surface area (Å²) in [5.74, 6) is 0.206. The Morgan fingerprint density at radius 1 is 1.35 bits per heavy atom. The van der Waals surface area contributed by atoms with Crippen LogP contribution in [0.5, 0.6) is 0 Å². The number of carbonyl (C=O) groups excluding carboxylic acids is 2. The second-order valence-electron chi connectivity index (χ2n) is 4.89. The Morgan fingerprint density at radius 2 is 2.15 bits per heavy atom. The van der Waals surface area contributed by atoms with Gasteiger partial charge < -0.3 is 9.64 Å². The van der Waals surface area contributed by atoms with E-state index in [1.807, 2.05) is 31.2 Å². The van der Waals surface area contributed by atoms with E-state index in [1.165, 1.54) is 0 Å². The van der Waals surface area contributed by atoms with Crippen molar-refractivity contribution in [2.45, 2.75) is 32.6 Å². The number of anilines is 1. The van der Waals surface area contributed by atoms with E-state index >= 15 is 0 Å². The van der Waals surface area contributed by atoms with Crippen molar-refractivity contribution < 1.29 is 14.3 Å². The van der Waals surface area contributed by atoms with Gasteiger partial charge in [0.05, 0.1) is 5.69 Å². The highest BCUT2D eigenvalue weighted by Gasteiger charge is 2.24. The van der Waals surface area contributed by atoms with Gasteiger partial charge in [-0.3, -0.25) is 9.59 Å². The number of ketones is 1. The fourth-order valence-electron chi connectivity index (χ4n) is 2.46. The third-order valence-electron chi connectivity index (χ3n) is 3.47. The van der Waals surface area contributed by atoms with Gasteiger partial charge in [0.1, 0.15) is 0 Å². The molecule has 1 heterocycles. The highest BCUT2D eigenvalue weighted by atomic mass is 16.5. The number of hydrogen-bond acceptors (Lipinski definition) is 3. The van der Waals surface area contributed by atoms with E-state index in [4.69, 9.17) is 4.74 Å². The molecule has 0 saturated carbocycles. The second-order valence-corrected chi connectivity index (χ2v) is 4.89. The van der Waals surface area contributed by atoms with E-state index in [0.717, 1.165) is 18.5 Å². The molecular weight excluding hydrogens is 254 g/mol. The Balaban J connectivity index is 2.09. The highest BCUT2D eigenvalue weighted by Crippen LogP contribution is 2.26. The Labute approximate surface area is 119 Å². The van der Waals surface area contributed by atoms with Crippen molar-refractivity contribution >= 4 is 17.4 Å². The average molecular weight is 275 g/mol. The summed E-state index contributed by atoms with van der Waals surface area (Å²) in [7, 11) is 0. The van der Waals surface area contributed by atoms with Crippen molar-refractivity contribution in [3.05, 3.63) is 29.8 Å². The molecule has 0 N–H and O–H groups in total. The summed E-state index contributed by atoms with van der Waals surface area (Å²) in [6.07, 6.45) is 2.42. The van der Waals surface area contributed by atoms with Crippen molar-refractivity contribution in [2.24, 2.45) is 0 Å². The molecule has 1 aliphatic heterocycles. The van der Waals surface area contributed by atoms with Gasteiger partial charge in [-0.2, -0.15) is 0 Å². The van der Waals surface area contributed by atoms with E-state index < -0.39 is 0 Å². The Hall–Kier alpha value is -1.68. The van der Waals surface area contributed by atoms with Crippen molar-refractivity contribution in [2.75, 3.05) is 24.7 Å². The molecule has 0 aliphatic carbocycles. The zero-order valence-corrected chi connectivity index (χ0v) is 11.9. The first-order valence-corrected chi connectivity index (χ1v) is 7.24. The summed E-state index contributed by atoms with van der Waals surface area (Å²) in [6.45, 7) is 3.85. The molecule has 0 unspecified atom stereocenters. The first-order chi connectivity index (χ1) is 9.74. The van der Waals surface area contributed by atoms with E-state index in [1.54, 1.807) is 4.90 Å². The van der Waals surface area contributed by atoms with E-state index in [9.17, 15) is 9.59 Å². The molecule has 2 rings (SSSR count). The monoisotopic (exact) mass is 275 g/mol. The minimum Gasteiger partial charge on any atom is -0.382 e. The first kappa shape index (κ1) is 14.7. The molecular formula is C16H21NO3. The summed E-state index contributed by atoms with van der Waals surface area (Å²) < 4.78 is 5.26. The third-order valence-corrected chi connectivity index (χ3v) is 3.47. The van der Waals surface area contributed by atoms with Crippen LogP contribution >= 0.6 is 0 Å².